The van der Waals surface area contributed by atoms with Crippen molar-refractivity contribution in [2.24, 2.45) is 0 Å². The second-order valence-corrected chi connectivity index (χ2v) is 6.04. The lowest BCUT2D eigenvalue weighted by atomic mass is 10.1. The van der Waals surface area contributed by atoms with Gasteiger partial charge in [0, 0.05) is 29.5 Å². The van der Waals surface area contributed by atoms with Crippen molar-refractivity contribution in [2.75, 3.05) is 5.32 Å². The van der Waals surface area contributed by atoms with E-state index in [9.17, 15) is 9.59 Å². The van der Waals surface area contributed by atoms with E-state index in [1.54, 1.807) is 11.8 Å². The van der Waals surface area contributed by atoms with E-state index in [1.807, 2.05) is 54.7 Å². The summed E-state index contributed by atoms with van der Waals surface area (Å²) in [7, 11) is 0. The third kappa shape index (κ3) is 2.34. The summed E-state index contributed by atoms with van der Waals surface area (Å²) >= 11 is 0. The smallest absolute Gasteiger partial charge is 0.255 e. The minimum absolute atomic E-state index is 0.0897. The molecule has 0 unspecified atom stereocenters. The summed E-state index contributed by atoms with van der Waals surface area (Å²) in [6.07, 6.45) is 1.86. The van der Waals surface area contributed by atoms with Crippen LogP contribution in [0.4, 0.5) is 5.69 Å². The van der Waals surface area contributed by atoms with Crippen LogP contribution in [0.3, 0.4) is 0 Å². The van der Waals surface area contributed by atoms with Crippen LogP contribution >= 0.6 is 0 Å². The van der Waals surface area contributed by atoms with Crippen LogP contribution in [0.25, 0.3) is 10.9 Å². The number of benzene rings is 2. The Morgan fingerprint density at radius 1 is 1.21 bits per heavy atom. The largest absolute Gasteiger partial charge is 0.361 e. The number of nitrogens with one attached hydrogen (secondary N) is 2. The molecule has 5 nitrogen and oxygen atoms in total. The number of hydrogen-bond acceptors (Lipinski definition) is 2. The molecule has 1 aliphatic rings. The Morgan fingerprint density at radius 2 is 2.04 bits per heavy atom. The maximum atomic E-state index is 12.6. The standard InChI is InChI=1S/C19H17N3O2/c1-12(22-11-14-4-2-3-5-16(14)19(22)24)18(23)21-15-7-6-13-8-9-20-17(13)10-15/h2-10,12,20H,11H2,1H3,(H,21,23)/t12-/m1/s1. The summed E-state index contributed by atoms with van der Waals surface area (Å²) in [6, 6.07) is 14.6. The number of fused-ring (bicyclic) bond motifs is 2. The molecule has 0 spiro atoms. The van der Waals surface area contributed by atoms with Gasteiger partial charge in [0.2, 0.25) is 5.91 Å². The molecule has 120 valence electrons. The van der Waals surface area contributed by atoms with E-state index in [-0.39, 0.29) is 11.8 Å². The van der Waals surface area contributed by atoms with E-state index in [0.29, 0.717) is 17.8 Å². The highest BCUT2D eigenvalue weighted by atomic mass is 16.2. The second kappa shape index (κ2) is 5.53. The monoisotopic (exact) mass is 319 g/mol. The van der Waals surface area contributed by atoms with Crippen LogP contribution in [-0.4, -0.2) is 27.7 Å². The first-order valence-corrected chi connectivity index (χ1v) is 7.90. The van der Waals surface area contributed by atoms with E-state index in [2.05, 4.69) is 10.3 Å². The van der Waals surface area contributed by atoms with Crippen molar-refractivity contribution in [2.45, 2.75) is 19.5 Å². The van der Waals surface area contributed by atoms with E-state index in [4.69, 9.17) is 0 Å². The van der Waals surface area contributed by atoms with E-state index in [0.717, 1.165) is 16.5 Å². The van der Waals surface area contributed by atoms with Gasteiger partial charge in [-0.1, -0.05) is 24.3 Å². The van der Waals surface area contributed by atoms with E-state index in [1.165, 1.54) is 0 Å². The van der Waals surface area contributed by atoms with Gasteiger partial charge < -0.3 is 15.2 Å². The zero-order valence-corrected chi connectivity index (χ0v) is 13.2. The third-order valence-electron chi connectivity index (χ3n) is 4.52. The number of H-pyrrole nitrogens is 1. The molecule has 4 rings (SSSR count). The summed E-state index contributed by atoms with van der Waals surface area (Å²) in [5, 5.41) is 3.98. The molecular formula is C19H17N3O2. The molecule has 0 fully saturated rings. The molecule has 0 radical (unpaired) electrons. The van der Waals surface area contributed by atoms with Crippen molar-refractivity contribution in [3.63, 3.8) is 0 Å². The first-order chi connectivity index (χ1) is 11.6. The molecule has 2 heterocycles. The van der Waals surface area contributed by atoms with Crippen molar-refractivity contribution < 1.29 is 9.59 Å². The number of anilines is 1. The molecule has 2 N–H and O–H groups in total. The average Bonchev–Trinajstić information content (AvgIpc) is 3.18. The Kier molecular flexibility index (Phi) is 3.34. The second-order valence-electron chi connectivity index (χ2n) is 6.04. The molecule has 0 bridgehead atoms. The maximum absolute atomic E-state index is 12.6. The topological polar surface area (TPSA) is 65.2 Å². The molecule has 0 saturated heterocycles. The quantitative estimate of drug-likeness (QED) is 0.779. The van der Waals surface area contributed by atoms with Gasteiger partial charge in [-0.2, -0.15) is 0 Å². The third-order valence-corrected chi connectivity index (χ3v) is 4.52. The number of amides is 2. The molecule has 5 heteroatoms. The van der Waals surface area contributed by atoms with Gasteiger partial charge in [0.05, 0.1) is 0 Å². The van der Waals surface area contributed by atoms with Gasteiger partial charge in [-0.15, -0.1) is 0 Å². The van der Waals surface area contributed by atoms with Crippen LogP contribution in [0.1, 0.15) is 22.8 Å². The molecule has 24 heavy (non-hydrogen) atoms. The lowest BCUT2D eigenvalue weighted by Gasteiger charge is -2.23. The molecule has 1 aliphatic heterocycles. The lowest BCUT2D eigenvalue weighted by molar-refractivity contribution is -0.120. The average molecular weight is 319 g/mol. The molecule has 1 atom stereocenters. The van der Waals surface area contributed by atoms with Crippen molar-refractivity contribution in [1.29, 1.82) is 0 Å². The summed E-state index contributed by atoms with van der Waals surface area (Å²) in [5.41, 5.74) is 3.33. The first kappa shape index (κ1) is 14.5. The molecule has 0 aliphatic carbocycles. The predicted molar refractivity (Wildman–Crippen MR) is 92.7 cm³/mol. The van der Waals surface area contributed by atoms with Crippen LogP contribution in [0.5, 0.6) is 0 Å². The van der Waals surface area contributed by atoms with E-state index < -0.39 is 6.04 Å². The van der Waals surface area contributed by atoms with Crippen molar-refractivity contribution in [3.05, 3.63) is 65.9 Å². The number of carbonyl (C=O) groups excluding carboxylic acids is 2. The zero-order chi connectivity index (χ0) is 16.7. The highest BCUT2D eigenvalue weighted by Crippen LogP contribution is 2.25. The SMILES string of the molecule is C[C@H](C(=O)Nc1ccc2cc[nH]c2c1)N1Cc2ccccc2C1=O. The lowest BCUT2D eigenvalue weighted by Crippen LogP contribution is -2.42. The number of nitrogens with zero attached hydrogens (tertiary/aromatic N) is 1. The fourth-order valence-corrected chi connectivity index (χ4v) is 3.10. The van der Waals surface area contributed by atoms with Crippen LogP contribution in [0, 0.1) is 0 Å². The van der Waals surface area contributed by atoms with Crippen molar-refractivity contribution in [3.8, 4) is 0 Å². The number of aromatic nitrogens is 1. The Balaban J connectivity index is 1.51. The number of aromatic amines is 1. The zero-order valence-electron chi connectivity index (χ0n) is 13.2. The molecule has 0 saturated carbocycles. The summed E-state index contributed by atoms with van der Waals surface area (Å²) in [4.78, 5) is 29.8. The molecule has 1 aromatic heterocycles. The summed E-state index contributed by atoms with van der Waals surface area (Å²) in [6.45, 7) is 2.23. The number of rotatable bonds is 3. The number of carbonyl (C=O) groups is 2. The Hall–Kier alpha value is -3.08. The van der Waals surface area contributed by atoms with Gasteiger partial charge in [-0.25, -0.2) is 0 Å². The predicted octanol–water partition coefficient (Wildman–Crippen LogP) is 3.15. The van der Waals surface area contributed by atoms with Gasteiger partial charge in [-0.3, -0.25) is 9.59 Å². The molecule has 2 amide bonds. The van der Waals surface area contributed by atoms with Gasteiger partial charge in [-0.05, 0) is 42.1 Å². The highest BCUT2D eigenvalue weighted by Gasteiger charge is 2.33. The molecule has 2 aromatic carbocycles. The Morgan fingerprint density at radius 3 is 2.88 bits per heavy atom. The van der Waals surface area contributed by atoms with Crippen molar-refractivity contribution >= 4 is 28.4 Å². The summed E-state index contributed by atoms with van der Waals surface area (Å²) in [5.74, 6) is -0.282. The molecule has 3 aromatic rings. The van der Waals surface area contributed by atoms with Crippen LogP contribution < -0.4 is 5.32 Å². The minimum Gasteiger partial charge on any atom is -0.361 e. The van der Waals surface area contributed by atoms with Gasteiger partial charge in [0.1, 0.15) is 6.04 Å². The van der Waals surface area contributed by atoms with Crippen LogP contribution in [-0.2, 0) is 11.3 Å². The Bertz CT molecular complexity index is 944. The van der Waals surface area contributed by atoms with Crippen LogP contribution in [0.15, 0.2) is 54.7 Å². The van der Waals surface area contributed by atoms with Gasteiger partial charge >= 0.3 is 0 Å². The fraction of sp³-hybridized carbons (Fsp3) is 0.158. The Labute approximate surface area is 139 Å². The van der Waals surface area contributed by atoms with Crippen LogP contribution in [0.2, 0.25) is 0 Å². The highest BCUT2D eigenvalue weighted by molar-refractivity contribution is 6.03. The normalized spacial score (nSPS) is 14.7. The molecular weight excluding hydrogens is 302 g/mol. The summed E-state index contributed by atoms with van der Waals surface area (Å²) < 4.78 is 0. The fourth-order valence-electron chi connectivity index (χ4n) is 3.10. The van der Waals surface area contributed by atoms with Crippen molar-refractivity contribution in [1.82, 2.24) is 9.88 Å². The number of hydrogen-bond donors (Lipinski definition) is 2. The van der Waals surface area contributed by atoms with Gasteiger partial charge in [0.15, 0.2) is 0 Å². The van der Waals surface area contributed by atoms with Gasteiger partial charge in [0.25, 0.3) is 5.91 Å². The maximum Gasteiger partial charge on any atom is 0.255 e. The van der Waals surface area contributed by atoms with E-state index >= 15 is 0 Å². The minimum atomic E-state index is -0.538. The first-order valence-electron chi connectivity index (χ1n) is 7.90.